The molecule has 0 heterocycles. The predicted octanol–water partition coefficient (Wildman–Crippen LogP) is 2.07. The highest BCUT2D eigenvalue weighted by Crippen LogP contribution is 2.40. The average molecular weight is 181 g/mol. The van der Waals surface area contributed by atoms with Gasteiger partial charge in [-0.15, -0.1) is 6.42 Å². The van der Waals surface area contributed by atoms with E-state index in [0.717, 1.165) is 18.8 Å². The van der Waals surface area contributed by atoms with Gasteiger partial charge in [0.1, 0.15) is 0 Å². The summed E-state index contributed by atoms with van der Waals surface area (Å²) in [6.07, 6.45) is 7.43. The molecular weight excluding hydrogens is 162 g/mol. The highest BCUT2D eigenvalue weighted by atomic mass is 28.3. The van der Waals surface area contributed by atoms with Crippen molar-refractivity contribution in [1.82, 2.24) is 0 Å². The van der Waals surface area contributed by atoms with Crippen LogP contribution in [0.5, 0.6) is 0 Å². The normalized spacial score (nSPS) is 35.4. The molecule has 0 saturated heterocycles. The van der Waals surface area contributed by atoms with Gasteiger partial charge in [-0.05, 0) is 18.8 Å². The fourth-order valence-electron chi connectivity index (χ4n) is 2.10. The molecule has 68 valence electrons. The fraction of sp³-hybridized carbons (Fsp3) is 0.800. The fourth-order valence-corrected chi connectivity index (χ4v) is 4.12. The van der Waals surface area contributed by atoms with Crippen LogP contribution in [0.15, 0.2) is 0 Å². The van der Waals surface area contributed by atoms with Gasteiger partial charge in [0.2, 0.25) is 0 Å². The van der Waals surface area contributed by atoms with Crippen molar-refractivity contribution in [2.75, 3.05) is 0 Å². The summed E-state index contributed by atoms with van der Waals surface area (Å²) in [6.45, 7) is 7.21. The van der Waals surface area contributed by atoms with Crippen LogP contribution in [-0.4, -0.2) is 13.6 Å². The van der Waals surface area contributed by atoms with Crippen molar-refractivity contribution in [2.24, 2.45) is 11.7 Å². The SMILES string of the molecule is C#CC1(N)CC(C[Si](C)(C)C)C1. The number of terminal acetylenes is 1. The molecule has 0 amide bonds. The lowest BCUT2D eigenvalue weighted by Crippen LogP contribution is -2.51. The minimum Gasteiger partial charge on any atom is -0.315 e. The molecule has 0 aromatic rings. The summed E-state index contributed by atoms with van der Waals surface area (Å²) in [5.74, 6) is 3.50. The van der Waals surface area contributed by atoms with E-state index in [1.165, 1.54) is 6.04 Å². The van der Waals surface area contributed by atoms with E-state index in [1.807, 2.05) is 0 Å². The molecule has 1 rings (SSSR count). The van der Waals surface area contributed by atoms with Gasteiger partial charge in [-0.25, -0.2) is 0 Å². The Balaban J connectivity index is 2.32. The molecule has 2 heteroatoms. The Kier molecular flexibility index (Phi) is 2.37. The summed E-state index contributed by atoms with van der Waals surface area (Å²) >= 11 is 0. The second-order valence-electron chi connectivity index (χ2n) is 5.34. The largest absolute Gasteiger partial charge is 0.315 e. The smallest absolute Gasteiger partial charge is 0.0778 e. The highest BCUT2D eigenvalue weighted by Gasteiger charge is 2.40. The molecule has 2 N–H and O–H groups in total. The Morgan fingerprint density at radius 1 is 1.50 bits per heavy atom. The summed E-state index contributed by atoms with van der Waals surface area (Å²) in [4.78, 5) is 0. The molecule has 0 spiro atoms. The standard InChI is InChI=1S/C10H19NSi/c1-5-10(11)6-9(7-10)8-12(2,3)4/h1,9H,6-8,11H2,2-4H3. The lowest BCUT2D eigenvalue weighted by Gasteiger charge is -2.43. The maximum Gasteiger partial charge on any atom is 0.0778 e. The van der Waals surface area contributed by atoms with Crippen molar-refractivity contribution < 1.29 is 0 Å². The summed E-state index contributed by atoms with van der Waals surface area (Å²) < 4.78 is 0. The molecular formula is C10H19NSi. The van der Waals surface area contributed by atoms with E-state index < -0.39 is 8.07 Å². The van der Waals surface area contributed by atoms with Crippen LogP contribution in [0.2, 0.25) is 25.7 Å². The zero-order valence-corrected chi connectivity index (χ0v) is 9.35. The first-order valence-corrected chi connectivity index (χ1v) is 8.32. The van der Waals surface area contributed by atoms with Crippen molar-refractivity contribution in [3.05, 3.63) is 0 Å². The highest BCUT2D eigenvalue weighted by molar-refractivity contribution is 6.76. The van der Waals surface area contributed by atoms with E-state index in [-0.39, 0.29) is 5.54 Å². The molecule has 1 nitrogen and oxygen atoms in total. The maximum atomic E-state index is 5.89. The molecule has 1 aliphatic rings. The molecule has 0 aromatic carbocycles. The quantitative estimate of drug-likeness (QED) is 0.512. The Labute approximate surface area is 76.7 Å². The third-order valence-electron chi connectivity index (χ3n) is 2.49. The molecule has 0 aromatic heterocycles. The van der Waals surface area contributed by atoms with Crippen LogP contribution < -0.4 is 5.73 Å². The zero-order valence-electron chi connectivity index (χ0n) is 8.35. The number of rotatable bonds is 2. The topological polar surface area (TPSA) is 26.0 Å². The number of nitrogens with two attached hydrogens (primary N) is 1. The first kappa shape index (κ1) is 9.82. The van der Waals surface area contributed by atoms with E-state index in [0.29, 0.717) is 0 Å². The van der Waals surface area contributed by atoms with E-state index in [9.17, 15) is 0 Å². The zero-order chi connectivity index (χ0) is 9.41. The van der Waals surface area contributed by atoms with E-state index in [4.69, 9.17) is 12.2 Å². The molecule has 1 aliphatic carbocycles. The predicted molar refractivity (Wildman–Crippen MR) is 56.6 cm³/mol. The summed E-state index contributed by atoms with van der Waals surface area (Å²) in [5.41, 5.74) is 5.64. The Hall–Kier alpha value is -0.263. The van der Waals surface area contributed by atoms with Gasteiger partial charge in [-0.3, -0.25) is 0 Å². The van der Waals surface area contributed by atoms with Gasteiger partial charge in [0.25, 0.3) is 0 Å². The van der Waals surface area contributed by atoms with E-state index >= 15 is 0 Å². The van der Waals surface area contributed by atoms with Gasteiger partial charge in [0.15, 0.2) is 0 Å². The summed E-state index contributed by atoms with van der Waals surface area (Å²) in [5, 5.41) is 0. The van der Waals surface area contributed by atoms with Crippen LogP contribution >= 0.6 is 0 Å². The minimum atomic E-state index is -0.889. The summed E-state index contributed by atoms with van der Waals surface area (Å²) in [6, 6.07) is 1.38. The molecule has 12 heavy (non-hydrogen) atoms. The van der Waals surface area contributed by atoms with Gasteiger partial charge in [-0.2, -0.15) is 0 Å². The van der Waals surface area contributed by atoms with Gasteiger partial charge in [0.05, 0.1) is 5.54 Å². The summed E-state index contributed by atoms with van der Waals surface area (Å²) in [7, 11) is -0.889. The average Bonchev–Trinajstić information content (AvgIpc) is 1.81. The molecule has 1 saturated carbocycles. The number of hydrogen-bond donors (Lipinski definition) is 1. The lowest BCUT2D eigenvalue weighted by atomic mass is 9.70. The first-order chi connectivity index (χ1) is 5.35. The van der Waals surface area contributed by atoms with Crippen LogP contribution in [0.25, 0.3) is 0 Å². The van der Waals surface area contributed by atoms with Crippen molar-refractivity contribution in [2.45, 2.75) is 44.1 Å². The lowest BCUT2D eigenvalue weighted by molar-refractivity contribution is 0.223. The third-order valence-corrected chi connectivity index (χ3v) is 4.30. The number of hydrogen-bond acceptors (Lipinski definition) is 1. The van der Waals surface area contributed by atoms with Crippen LogP contribution in [0.1, 0.15) is 12.8 Å². The van der Waals surface area contributed by atoms with Crippen LogP contribution in [-0.2, 0) is 0 Å². The van der Waals surface area contributed by atoms with Crippen molar-refractivity contribution >= 4 is 8.07 Å². The van der Waals surface area contributed by atoms with E-state index in [1.54, 1.807) is 0 Å². The van der Waals surface area contributed by atoms with Gasteiger partial charge < -0.3 is 5.73 Å². The molecule has 1 fully saturated rings. The molecule has 0 atom stereocenters. The minimum absolute atomic E-state index is 0.246. The second-order valence-corrected chi connectivity index (χ2v) is 10.9. The maximum absolute atomic E-state index is 5.89. The van der Waals surface area contributed by atoms with Crippen molar-refractivity contribution in [3.8, 4) is 12.3 Å². The van der Waals surface area contributed by atoms with Crippen molar-refractivity contribution in [3.63, 3.8) is 0 Å². The Bertz CT molecular complexity index is 203. The molecule has 0 radical (unpaired) electrons. The second kappa shape index (κ2) is 2.90. The molecule has 0 bridgehead atoms. The molecule has 0 aliphatic heterocycles. The molecule has 0 unspecified atom stereocenters. The van der Waals surface area contributed by atoms with Crippen molar-refractivity contribution in [1.29, 1.82) is 0 Å². The van der Waals surface area contributed by atoms with Gasteiger partial charge >= 0.3 is 0 Å². The van der Waals surface area contributed by atoms with Crippen LogP contribution in [0.4, 0.5) is 0 Å². The Morgan fingerprint density at radius 2 is 2.00 bits per heavy atom. The third kappa shape index (κ3) is 2.36. The van der Waals surface area contributed by atoms with E-state index in [2.05, 4.69) is 25.6 Å². The van der Waals surface area contributed by atoms with Gasteiger partial charge in [-0.1, -0.05) is 31.6 Å². The Morgan fingerprint density at radius 3 is 2.33 bits per heavy atom. The monoisotopic (exact) mass is 181 g/mol. The first-order valence-electron chi connectivity index (χ1n) is 4.61. The van der Waals surface area contributed by atoms with Gasteiger partial charge in [0, 0.05) is 8.07 Å². The van der Waals surface area contributed by atoms with Crippen LogP contribution in [0, 0.1) is 18.3 Å². The van der Waals surface area contributed by atoms with Crippen LogP contribution in [0.3, 0.4) is 0 Å².